The van der Waals surface area contributed by atoms with Crippen molar-refractivity contribution in [3.05, 3.63) is 78.1 Å². The normalized spacial score (nSPS) is 17.0. The van der Waals surface area contributed by atoms with Crippen LogP contribution in [-0.2, 0) is 0 Å². The Hall–Kier alpha value is -3.12. The molecule has 0 N–H and O–H groups in total. The third-order valence-electron chi connectivity index (χ3n) is 6.02. The second-order valence-electron chi connectivity index (χ2n) is 8.27. The van der Waals surface area contributed by atoms with Gasteiger partial charge in [-0.3, -0.25) is 9.69 Å². The van der Waals surface area contributed by atoms with E-state index < -0.39 is 0 Å². The van der Waals surface area contributed by atoms with Gasteiger partial charge in [0.2, 0.25) is 0 Å². The van der Waals surface area contributed by atoms with Crippen LogP contribution in [0, 0.1) is 0 Å². The van der Waals surface area contributed by atoms with E-state index in [0.717, 1.165) is 49.9 Å². The monoisotopic (exact) mass is 416 g/mol. The summed E-state index contributed by atoms with van der Waals surface area (Å²) in [7, 11) is 0. The number of piperazine rings is 1. The third kappa shape index (κ3) is 4.64. The third-order valence-corrected chi connectivity index (χ3v) is 6.02. The Bertz CT molecular complexity index is 1010. The molecule has 2 heterocycles. The van der Waals surface area contributed by atoms with Crippen LogP contribution in [0.5, 0.6) is 5.75 Å². The number of carbonyl (C=O) groups is 1. The number of rotatable bonds is 7. The summed E-state index contributed by atoms with van der Waals surface area (Å²) in [6, 6.07) is 21.9. The van der Waals surface area contributed by atoms with Crippen LogP contribution in [-0.4, -0.2) is 64.8 Å². The Morgan fingerprint density at radius 1 is 0.935 bits per heavy atom. The average Bonchev–Trinajstić information content (AvgIpc) is 3.59. The van der Waals surface area contributed by atoms with E-state index in [2.05, 4.69) is 4.90 Å². The standard InChI is InChI=1S/C25H28N4O2/c30-25(24-19-23(20-11-12-20)26-29(24)21-7-3-1-4-8-21)28-15-13-27(14-16-28)17-18-31-22-9-5-2-6-10-22/h1-10,19-20H,11-18H2. The summed E-state index contributed by atoms with van der Waals surface area (Å²) in [5, 5.41) is 4.78. The van der Waals surface area contributed by atoms with Gasteiger partial charge in [-0.05, 0) is 43.2 Å². The van der Waals surface area contributed by atoms with Gasteiger partial charge in [0, 0.05) is 38.6 Å². The smallest absolute Gasteiger partial charge is 0.272 e. The fourth-order valence-electron chi connectivity index (χ4n) is 4.04. The zero-order chi connectivity index (χ0) is 21.0. The van der Waals surface area contributed by atoms with Gasteiger partial charge < -0.3 is 9.64 Å². The van der Waals surface area contributed by atoms with Gasteiger partial charge in [-0.25, -0.2) is 4.68 Å². The average molecular weight is 417 g/mol. The van der Waals surface area contributed by atoms with Crippen LogP contribution in [0.15, 0.2) is 66.7 Å². The summed E-state index contributed by atoms with van der Waals surface area (Å²) in [5.41, 5.74) is 2.66. The summed E-state index contributed by atoms with van der Waals surface area (Å²) < 4.78 is 7.64. The lowest BCUT2D eigenvalue weighted by molar-refractivity contribution is 0.0611. The van der Waals surface area contributed by atoms with E-state index in [1.807, 2.05) is 76.3 Å². The molecule has 3 aromatic rings. The van der Waals surface area contributed by atoms with Gasteiger partial charge >= 0.3 is 0 Å². The number of ether oxygens (including phenoxy) is 1. The molecule has 31 heavy (non-hydrogen) atoms. The lowest BCUT2D eigenvalue weighted by Gasteiger charge is -2.34. The SMILES string of the molecule is O=C(c1cc(C2CC2)nn1-c1ccccc1)N1CCN(CCOc2ccccc2)CC1. The molecular formula is C25H28N4O2. The molecular weight excluding hydrogens is 388 g/mol. The first-order valence-electron chi connectivity index (χ1n) is 11.1. The van der Waals surface area contributed by atoms with E-state index in [9.17, 15) is 4.79 Å². The molecule has 6 nitrogen and oxygen atoms in total. The van der Waals surface area contributed by atoms with Gasteiger partial charge in [0.1, 0.15) is 18.1 Å². The summed E-state index contributed by atoms with van der Waals surface area (Å²) in [6.45, 7) is 4.69. The topological polar surface area (TPSA) is 50.6 Å². The minimum Gasteiger partial charge on any atom is -0.492 e. The molecule has 1 aromatic heterocycles. The second-order valence-corrected chi connectivity index (χ2v) is 8.27. The van der Waals surface area contributed by atoms with Crippen molar-refractivity contribution in [3.63, 3.8) is 0 Å². The molecule has 6 heteroatoms. The number of nitrogens with zero attached hydrogens (tertiary/aromatic N) is 4. The van der Waals surface area contributed by atoms with Crippen molar-refractivity contribution in [2.45, 2.75) is 18.8 Å². The number of carbonyl (C=O) groups excluding carboxylic acids is 1. The maximum Gasteiger partial charge on any atom is 0.272 e. The molecule has 2 fully saturated rings. The van der Waals surface area contributed by atoms with E-state index in [0.29, 0.717) is 18.2 Å². The van der Waals surface area contributed by atoms with Crippen LogP contribution in [0.25, 0.3) is 5.69 Å². The minimum absolute atomic E-state index is 0.0726. The van der Waals surface area contributed by atoms with Gasteiger partial charge in [-0.1, -0.05) is 36.4 Å². The van der Waals surface area contributed by atoms with Crippen LogP contribution in [0.4, 0.5) is 0 Å². The lowest BCUT2D eigenvalue weighted by Crippen LogP contribution is -2.49. The van der Waals surface area contributed by atoms with Gasteiger partial charge in [0.15, 0.2) is 0 Å². The molecule has 0 spiro atoms. The Balaban J connectivity index is 1.21. The molecule has 0 bridgehead atoms. The van der Waals surface area contributed by atoms with Crippen molar-refractivity contribution in [3.8, 4) is 11.4 Å². The number of benzene rings is 2. The Labute approximate surface area is 183 Å². The first-order valence-corrected chi connectivity index (χ1v) is 11.1. The highest BCUT2D eigenvalue weighted by molar-refractivity contribution is 5.93. The summed E-state index contributed by atoms with van der Waals surface area (Å²) >= 11 is 0. The van der Waals surface area contributed by atoms with Crippen molar-refractivity contribution in [1.29, 1.82) is 0 Å². The zero-order valence-corrected chi connectivity index (χ0v) is 17.7. The molecule has 0 atom stereocenters. The lowest BCUT2D eigenvalue weighted by atomic mass is 10.2. The van der Waals surface area contributed by atoms with Crippen molar-refractivity contribution in [2.75, 3.05) is 39.3 Å². The van der Waals surface area contributed by atoms with Crippen molar-refractivity contribution in [2.24, 2.45) is 0 Å². The Morgan fingerprint density at radius 2 is 1.61 bits per heavy atom. The first kappa shape index (κ1) is 19.8. The molecule has 160 valence electrons. The largest absolute Gasteiger partial charge is 0.492 e. The number of hydrogen-bond acceptors (Lipinski definition) is 4. The first-order chi connectivity index (χ1) is 15.3. The maximum atomic E-state index is 13.4. The Morgan fingerprint density at radius 3 is 2.29 bits per heavy atom. The summed E-state index contributed by atoms with van der Waals surface area (Å²) in [5.74, 6) is 1.48. The van der Waals surface area contributed by atoms with Crippen LogP contribution < -0.4 is 4.74 Å². The molecule has 1 amide bonds. The molecule has 5 rings (SSSR count). The highest BCUT2D eigenvalue weighted by atomic mass is 16.5. The maximum absolute atomic E-state index is 13.4. The number of amides is 1. The highest BCUT2D eigenvalue weighted by Crippen LogP contribution is 2.39. The van der Waals surface area contributed by atoms with Gasteiger partial charge in [-0.2, -0.15) is 5.10 Å². The van der Waals surface area contributed by atoms with Crippen LogP contribution >= 0.6 is 0 Å². The Kier molecular flexibility index (Phi) is 5.71. The van der Waals surface area contributed by atoms with E-state index >= 15 is 0 Å². The molecule has 2 aliphatic rings. The highest BCUT2D eigenvalue weighted by Gasteiger charge is 2.31. The molecule has 0 unspecified atom stereocenters. The molecule has 2 aromatic carbocycles. The molecule has 1 aliphatic carbocycles. The van der Waals surface area contributed by atoms with Gasteiger partial charge in [0.05, 0.1) is 11.4 Å². The quantitative estimate of drug-likeness (QED) is 0.591. The van der Waals surface area contributed by atoms with E-state index in [4.69, 9.17) is 9.84 Å². The predicted octanol–water partition coefficient (Wildman–Crippen LogP) is 3.59. The number of para-hydroxylation sites is 2. The molecule has 1 aliphatic heterocycles. The molecule has 0 radical (unpaired) electrons. The van der Waals surface area contributed by atoms with Crippen molar-refractivity contribution >= 4 is 5.91 Å². The van der Waals surface area contributed by atoms with Crippen LogP contribution in [0.1, 0.15) is 34.9 Å². The van der Waals surface area contributed by atoms with E-state index in [1.165, 1.54) is 12.8 Å². The van der Waals surface area contributed by atoms with Gasteiger partial charge in [-0.15, -0.1) is 0 Å². The van der Waals surface area contributed by atoms with E-state index in [1.54, 1.807) is 0 Å². The van der Waals surface area contributed by atoms with E-state index in [-0.39, 0.29) is 5.91 Å². The van der Waals surface area contributed by atoms with Crippen LogP contribution in [0.2, 0.25) is 0 Å². The van der Waals surface area contributed by atoms with Crippen LogP contribution in [0.3, 0.4) is 0 Å². The number of aromatic nitrogens is 2. The van der Waals surface area contributed by atoms with Crippen molar-refractivity contribution < 1.29 is 9.53 Å². The fourth-order valence-corrected chi connectivity index (χ4v) is 4.04. The van der Waals surface area contributed by atoms with Gasteiger partial charge in [0.25, 0.3) is 5.91 Å². The molecule has 1 saturated carbocycles. The second kappa shape index (κ2) is 8.94. The number of hydrogen-bond donors (Lipinski definition) is 0. The minimum atomic E-state index is 0.0726. The van der Waals surface area contributed by atoms with Crippen molar-refractivity contribution in [1.82, 2.24) is 19.6 Å². The zero-order valence-electron chi connectivity index (χ0n) is 17.7. The molecule has 1 saturated heterocycles. The fraction of sp³-hybridized carbons (Fsp3) is 0.360. The summed E-state index contributed by atoms with van der Waals surface area (Å²) in [4.78, 5) is 17.7. The summed E-state index contributed by atoms with van der Waals surface area (Å²) in [6.07, 6.45) is 2.34. The predicted molar refractivity (Wildman–Crippen MR) is 120 cm³/mol.